The fourth-order valence-electron chi connectivity index (χ4n) is 1.98. The number of halogens is 1. The summed E-state index contributed by atoms with van der Waals surface area (Å²) in [7, 11) is 1.31. The van der Waals surface area contributed by atoms with E-state index in [2.05, 4.69) is 0 Å². The summed E-state index contributed by atoms with van der Waals surface area (Å²) in [6, 6.07) is 10.8. The maximum absolute atomic E-state index is 11.9. The van der Waals surface area contributed by atoms with Gasteiger partial charge in [-0.15, -0.1) is 0 Å². The zero-order valence-electron chi connectivity index (χ0n) is 11.9. The van der Waals surface area contributed by atoms with Gasteiger partial charge in [-0.25, -0.2) is 4.79 Å². The van der Waals surface area contributed by atoms with Crippen LogP contribution in [0.5, 0.6) is 5.75 Å². The molecular formula is C16H16ClNO3. The summed E-state index contributed by atoms with van der Waals surface area (Å²) in [6.45, 7) is 2.13. The molecule has 0 aliphatic rings. The fourth-order valence-corrected chi connectivity index (χ4v) is 2.20. The van der Waals surface area contributed by atoms with Crippen molar-refractivity contribution in [3.05, 3.63) is 58.1 Å². The van der Waals surface area contributed by atoms with E-state index >= 15 is 0 Å². The number of hydrogen-bond donors (Lipinski definition) is 1. The molecule has 2 aromatic rings. The smallest absolute Gasteiger partial charge is 0.343 e. The van der Waals surface area contributed by atoms with Crippen LogP contribution in [0.2, 0.25) is 5.02 Å². The third-order valence-electron chi connectivity index (χ3n) is 3.05. The molecule has 0 saturated heterocycles. The number of hydrogen-bond acceptors (Lipinski definition) is 4. The molecule has 0 bridgehead atoms. The molecule has 0 atom stereocenters. The molecule has 2 rings (SSSR count). The van der Waals surface area contributed by atoms with Gasteiger partial charge in [-0.3, -0.25) is 0 Å². The van der Waals surface area contributed by atoms with Crippen molar-refractivity contribution >= 4 is 23.3 Å². The maximum atomic E-state index is 11.9. The van der Waals surface area contributed by atoms with E-state index < -0.39 is 5.97 Å². The molecule has 0 unspecified atom stereocenters. The number of benzene rings is 2. The van der Waals surface area contributed by atoms with Crippen LogP contribution < -0.4 is 10.5 Å². The summed E-state index contributed by atoms with van der Waals surface area (Å²) in [6.07, 6.45) is 0. The van der Waals surface area contributed by atoms with Crippen LogP contribution in [0.25, 0.3) is 0 Å². The van der Waals surface area contributed by atoms with Crippen molar-refractivity contribution in [2.24, 2.45) is 0 Å². The molecule has 4 nitrogen and oxygen atoms in total. The van der Waals surface area contributed by atoms with Gasteiger partial charge in [0, 0.05) is 10.7 Å². The Kier molecular flexibility index (Phi) is 4.70. The monoisotopic (exact) mass is 305 g/mol. The van der Waals surface area contributed by atoms with Gasteiger partial charge in [0.2, 0.25) is 0 Å². The van der Waals surface area contributed by atoms with Crippen molar-refractivity contribution in [1.82, 2.24) is 0 Å². The third kappa shape index (κ3) is 3.47. The van der Waals surface area contributed by atoms with Gasteiger partial charge >= 0.3 is 5.97 Å². The SMILES string of the molecule is COC(=O)c1c(N)ccc(C)c1OCc1cccc(Cl)c1. The molecule has 0 fully saturated rings. The van der Waals surface area contributed by atoms with Crippen molar-refractivity contribution in [2.75, 3.05) is 12.8 Å². The zero-order chi connectivity index (χ0) is 15.4. The summed E-state index contributed by atoms with van der Waals surface area (Å²) in [4.78, 5) is 11.9. The lowest BCUT2D eigenvalue weighted by atomic mass is 10.1. The Bertz CT molecular complexity index is 671. The van der Waals surface area contributed by atoms with Gasteiger partial charge in [0.25, 0.3) is 0 Å². The molecule has 0 aromatic heterocycles. The van der Waals surface area contributed by atoms with Crippen LogP contribution in [-0.2, 0) is 11.3 Å². The lowest BCUT2D eigenvalue weighted by Crippen LogP contribution is -2.10. The van der Waals surface area contributed by atoms with E-state index in [1.165, 1.54) is 7.11 Å². The highest BCUT2D eigenvalue weighted by atomic mass is 35.5. The first kappa shape index (κ1) is 15.2. The van der Waals surface area contributed by atoms with E-state index in [-0.39, 0.29) is 12.2 Å². The molecule has 0 heterocycles. The molecule has 0 aliphatic heterocycles. The zero-order valence-corrected chi connectivity index (χ0v) is 12.6. The summed E-state index contributed by atoms with van der Waals surface area (Å²) in [5.41, 5.74) is 8.15. The number of methoxy groups -OCH3 is 1. The Morgan fingerprint density at radius 2 is 2.05 bits per heavy atom. The van der Waals surface area contributed by atoms with E-state index in [9.17, 15) is 4.79 Å². The Labute approximate surface area is 128 Å². The second-order valence-corrected chi connectivity index (χ2v) is 5.02. The number of aryl methyl sites for hydroxylation is 1. The predicted octanol–water partition coefficient (Wildman–Crippen LogP) is 3.60. The van der Waals surface area contributed by atoms with Gasteiger partial charge in [0.05, 0.1) is 7.11 Å². The second-order valence-electron chi connectivity index (χ2n) is 4.59. The number of nitrogens with two attached hydrogens (primary N) is 1. The Balaban J connectivity index is 2.31. The lowest BCUT2D eigenvalue weighted by molar-refractivity contribution is 0.0596. The first-order chi connectivity index (χ1) is 10.0. The molecule has 0 aliphatic carbocycles. The number of anilines is 1. The van der Waals surface area contributed by atoms with Gasteiger partial charge < -0.3 is 15.2 Å². The highest BCUT2D eigenvalue weighted by molar-refractivity contribution is 6.30. The largest absolute Gasteiger partial charge is 0.488 e. The molecule has 0 amide bonds. The number of nitrogen functional groups attached to an aromatic ring is 1. The topological polar surface area (TPSA) is 61.5 Å². The average molecular weight is 306 g/mol. The number of ether oxygens (including phenoxy) is 2. The van der Waals surface area contributed by atoms with Crippen molar-refractivity contribution in [1.29, 1.82) is 0 Å². The van der Waals surface area contributed by atoms with Crippen LogP contribution in [0.1, 0.15) is 21.5 Å². The first-order valence-electron chi connectivity index (χ1n) is 6.37. The van der Waals surface area contributed by atoms with Crippen LogP contribution in [0.3, 0.4) is 0 Å². The van der Waals surface area contributed by atoms with E-state index in [0.29, 0.717) is 16.5 Å². The molecule has 0 saturated carbocycles. The molecule has 5 heteroatoms. The Hall–Kier alpha value is -2.20. The normalized spacial score (nSPS) is 10.2. The van der Waals surface area contributed by atoms with Gasteiger partial charge in [0.15, 0.2) is 0 Å². The summed E-state index contributed by atoms with van der Waals surface area (Å²) >= 11 is 5.94. The van der Waals surface area contributed by atoms with E-state index in [0.717, 1.165) is 11.1 Å². The molecule has 0 radical (unpaired) electrons. The Morgan fingerprint density at radius 3 is 2.71 bits per heavy atom. The van der Waals surface area contributed by atoms with E-state index in [4.69, 9.17) is 26.8 Å². The number of carbonyl (C=O) groups excluding carboxylic acids is 1. The predicted molar refractivity (Wildman–Crippen MR) is 82.7 cm³/mol. The number of rotatable bonds is 4. The van der Waals surface area contributed by atoms with Crippen LogP contribution in [-0.4, -0.2) is 13.1 Å². The summed E-state index contributed by atoms with van der Waals surface area (Å²) in [5, 5.41) is 0.633. The van der Waals surface area contributed by atoms with Crippen molar-refractivity contribution in [3.63, 3.8) is 0 Å². The van der Waals surface area contributed by atoms with Crippen LogP contribution in [0.15, 0.2) is 36.4 Å². The minimum atomic E-state index is -0.516. The molecule has 2 N–H and O–H groups in total. The van der Waals surface area contributed by atoms with Gasteiger partial charge in [-0.1, -0.05) is 29.8 Å². The van der Waals surface area contributed by atoms with Gasteiger partial charge in [-0.2, -0.15) is 0 Å². The quantitative estimate of drug-likeness (QED) is 0.692. The maximum Gasteiger partial charge on any atom is 0.343 e. The Morgan fingerprint density at radius 1 is 1.29 bits per heavy atom. The fraction of sp³-hybridized carbons (Fsp3) is 0.188. The standard InChI is InChI=1S/C16H16ClNO3/c1-10-6-7-13(18)14(16(19)20-2)15(10)21-9-11-4-3-5-12(17)8-11/h3-8H,9,18H2,1-2H3. The van der Waals surface area contributed by atoms with Crippen molar-refractivity contribution in [2.45, 2.75) is 13.5 Å². The molecule has 110 valence electrons. The van der Waals surface area contributed by atoms with Gasteiger partial charge in [-0.05, 0) is 36.2 Å². The van der Waals surface area contributed by atoms with Crippen LogP contribution in [0, 0.1) is 6.92 Å². The van der Waals surface area contributed by atoms with Crippen molar-refractivity contribution < 1.29 is 14.3 Å². The van der Waals surface area contributed by atoms with Crippen LogP contribution >= 0.6 is 11.6 Å². The molecule has 2 aromatic carbocycles. The third-order valence-corrected chi connectivity index (χ3v) is 3.28. The number of esters is 1. The highest BCUT2D eigenvalue weighted by Gasteiger charge is 2.19. The van der Waals surface area contributed by atoms with Gasteiger partial charge in [0.1, 0.15) is 17.9 Å². The molecule has 21 heavy (non-hydrogen) atoms. The lowest BCUT2D eigenvalue weighted by Gasteiger charge is -2.15. The summed E-state index contributed by atoms with van der Waals surface area (Å²) < 4.78 is 10.5. The molecular weight excluding hydrogens is 290 g/mol. The summed E-state index contributed by atoms with van der Waals surface area (Å²) in [5.74, 6) is -0.0841. The second kappa shape index (κ2) is 6.50. The van der Waals surface area contributed by atoms with E-state index in [1.54, 1.807) is 24.3 Å². The first-order valence-corrected chi connectivity index (χ1v) is 6.75. The minimum Gasteiger partial charge on any atom is -0.488 e. The van der Waals surface area contributed by atoms with Crippen molar-refractivity contribution in [3.8, 4) is 5.75 Å². The minimum absolute atomic E-state index is 0.250. The van der Waals surface area contributed by atoms with E-state index in [1.807, 2.05) is 19.1 Å². The average Bonchev–Trinajstić information content (AvgIpc) is 2.47. The van der Waals surface area contributed by atoms with Crippen LogP contribution in [0.4, 0.5) is 5.69 Å². The highest BCUT2D eigenvalue weighted by Crippen LogP contribution is 2.30. The number of carbonyl (C=O) groups is 1. The molecule has 0 spiro atoms.